The quantitative estimate of drug-likeness (QED) is 0.887. The van der Waals surface area contributed by atoms with E-state index in [0.717, 1.165) is 12.6 Å². The van der Waals surface area contributed by atoms with Gasteiger partial charge in [-0.15, -0.1) is 0 Å². The van der Waals surface area contributed by atoms with Crippen LogP contribution in [0.5, 0.6) is 0 Å². The van der Waals surface area contributed by atoms with Gasteiger partial charge in [0.15, 0.2) is 11.6 Å². The van der Waals surface area contributed by atoms with Crippen molar-refractivity contribution in [2.75, 3.05) is 18.1 Å². The van der Waals surface area contributed by atoms with Crippen molar-refractivity contribution >= 4 is 11.8 Å². The molecule has 0 amide bonds. The lowest BCUT2D eigenvalue weighted by molar-refractivity contribution is 0.446. The SMILES string of the molecule is CC(NCC1CCSC1)c1cccc(F)c1F. The molecule has 1 aliphatic rings. The Balaban J connectivity index is 1.94. The third-order valence-electron chi connectivity index (χ3n) is 3.18. The molecule has 1 nitrogen and oxygen atoms in total. The van der Waals surface area contributed by atoms with E-state index in [1.807, 2.05) is 18.7 Å². The highest BCUT2D eigenvalue weighted by Crippen LogP contribution is 2.24. The van der Waals surface area contributed by atoms with Crippen LogP contribution in [-0.4, -0.2) is 18.1 Å². The monoisotopic (exact) mass is 257 g/mol. The van der Waals surface area contributed by atoms with E-state index in [2.05, 4.69) is 5.32 Å². The average Bonchev–Trinajstić information content (AvgIpc) is 2.82. The van der Waals surface area contributed by atoms with Crippen molar-refractivity contribution in [3.63, 3.8) is 0 Å². The smallest absolute Gasteiger partial charge is 0.163 e. The molecule has 17 heavy (non-hydrogen) atoms. The Labute approximate surface area is 105 Å². The molecule has 0 spiro atoms. The first-order chi connectivity index (χ1) is 8.18. The standard InChI is InChI=1S/C13H17F2NS/c1-9(16-7-10-5-6-17-8-10)11-3-2-4-12(14)13(11)15/h2-4,9-10,16H,5-8H2,1H3. The second kappa shape index (κ2) is 5.83. The zero-order valence-corrected chi connectivity index (χ0v) is 10.7. The number of halogens is 2. The normalized spacial score (nSPS) is 21.7. The van der Waals surface area contributed by atoms with E-state index in [1.54, 1.807) is 12.1 Å². The molecule has 1 aromatic rings. The molecule has 0 saturated carbocycles. The highest BCUT2D eigenvalue weighted by molar-refractivity contribution is 7.99. The van der Waals surface area contributed by atoms with Crippen LogP contribution in [0.3, 0.4) is 0 Å². The Morgan fingerprint density at radius 2 is 2.29 bits per heavy atom. The van der Waals surface area contributed by atoms with Crippen LogP contribution in [0.15, 0.2) is 18.2 Å². The van der Waals surface area contributed by atoms with E-state index in [1.165, 1.54) is 17.9 Å². The first kappa shape index (κ1) is 12.8. The first-order valence-corrected chi connectivity index (χ1v) is 7.09. The predicted octanol–water partition coefficient (Wildman–Crippen LogP) is 3.37. The summed E-state index contributed by atoms with van der Waals surface area (Å²) in [6.07, 6.45) is 1.22. The van der Waals surface area contributed by atoms with Gasteiger partial charge in [-0.2, -0.15) is 11.8 Å². The molecule has 0 aromatic heterocycles. The number of hydrogen-bond acceptors (Lipinski definition) is 2. The number of hydrogen-bond donors (Lipinski definition) is 1. The van der Waals surface area contributed by atoms with E-state index >= 15 is 0 Å². The summed E-state index contributed by atoms with van der Waals surface area (Å²) in [5, 5.41) is 3.29. The minimum atomic E-state index is -0.771. The fourth-order valence-corrected chi connectivity index (χ4v) is 3.34. The van der Waals surface area contributed by atoms with Gasteiger partial charge in [0.25, 0.3) is 0 Å². The Morgan fingerprint density at radius 3 is 3.00 bits per heavy atom. The Kier molecular flexibility index (Phi) is 4.40. The Hall–Kier alpha value is -0.610. The molecular weight excluding hydrogens is 240 g/mol. The van der Waals surface area contributed by atoms with Crippen LogP contribution in [-0.2, 0) is 0 Å². The summed E-state index contributed by atoms with van der Waals surface area (Å²) in [5.74, 6) is 1.56. The molecule has 2 atom stereocenters. The van der Waals surface area contributed by atoms with Crippen LogP contribution in [0.1, 0.15) is 24.9 Å². The lowest BCUT2D eigenvalue weighted by atomic mass is 10.1. The summed E-state index contributed by atoms with van der Waals surface area (Å²) < 4.78 is 26.6. The van der Waals surface area contributed by atoms with E-state index < -0.39 is 11.6 Å². The fourth-order valence-electron chi connectivity index (χ4n) is 2.05. The molecule has 1 fully saturated rings. The van der Waals surface area contributed by atoms with Crippen LogP contribution >= 0.6 is 11.8 Å². The maximum absolute atomic E-state index is 13.5. The first-order valence-electron chi connectivity index (χ1n) is 5.93. The summed E-state index contributed by atoms with van der Waals surface area (Å²) >= 11 is 1.96. The van der Waals surface area contributed by atoms with Crippen LogP contribution in [0.2, 0.25) is 0 Å². The van der Waals surface area contributed by atoms with Crippen molar-refractivity contribution in [1.29, 1.82) is 0 Å². The average molecular weight is 257 g/mol. The van der Waals surface area contributed by atoms with Crippen LogP contribution < -0.4 is 5.32 Å². The molecule has 0 radical (unpaired) electrons. The molecule has 1 N–H and O–H groups in total. The number of nitrogens with one attached hydrogen (secondary N) is 1. The highest BCUT2D eigenvalue weighted by Gasteiger charge is 2.18. The van der Waals surface area contributed by atoms with Crippen molar-refractivity contribution < 1.29 is 8.78 Å². The summed E-state index contributed by atoms with van der Waals surface area (Å²) in [5.41, 5.74) is 0.413. The van der Waals surface area contributed by atoms with Gasteiger partial charge >= 0.3 is 0 Å². The molecule has 2 rings (SSSR count). The van der Waals surface area contributed by atoms with Gasteiger partial charge in [-0.05, 0) is 43.4 Å². The molecular formula is C13H17F2NS. The number of thioether (sulfide) groups is 1. The molecule has 1 aromatic carbocycles. The molecule has 94 valence electrons. The zero-order chi connectivity index (χ0) is 12.3. The van der Waals surface area contributed by atoms with E-state index in [4.69, 9.17) is 0 Å². The van der Waals surface area contributed by atoms with Gasteiger partial charge in [0.1, 0.15) is 0 Å². The van der Waals surface area contributed by atoms with Gasteiger partial charge in [-0.1, -0.05) is 12.1 Å². The lowest BCUT2D eigenvalue weighted by Crippen LogP contribution is -2.26. The topological polar surface area (TPSA) is 12.0 Å². The fraction of sp³-hybridized carbons (Fsp3) is 0.538. The summed E-state index contributed by atoms with van der Waals surface area (Å²) in [6.45, 7) is 2.75. The van der Waals surface area contributed by atoms with Crippen molar-refractivity contribution in [2.45, 2.75) is 19.4 Å². The third kappa shape index (κ3) is 3.19. The molecule has 0 bridgehead atoms. The van der Waals surface area contributed by atoms with Gasteiger partial charge in [-0.3, -0.25) is 0 Å². The molecule has 1 heterocycles. The van der Waals surface area contributed by atoms with E-state index in [-0.39, 0.29) is 6.04 Å². The lowest BCUT2D eigenvalue weighted by Gasteiger charge is -2.17. The summed E-state index contributed by atoms with van der Waals surface area (Å²) in [6, 6.07) is 4.20. The van der Waals surface area contributed by atoms with Crippen molar-refractivity contribution in [2.24, 2.45) is 5.92 Å². The summed E-state index contributed by atoms with van der Waals surface area (Å²) in [4.78, 5) is 0. The maximum Gasteiger partial charge on any atom is 0.163 e. The Morgan fingerprint density at radius 1 is 1.47 bits per heavy atom. The van der Waals surface area contributed by atoms with Gasteiger partial charge < -0.3 is 5.32 Å². The van der Waals surface area contributed by atoms with Crippen molar-refractivity contribution in [3.05, 3.63) is 35.4 Å². The largest absolute Gasteiger partial charge is 0.310 e. The molecule has 2 unspecified atom stereocenters. The van der Waals surface area contributed by atoms with Gasteiger partial charge in [0.2, 0.25) is 0 Å². The van der Waals surface area contributed by atoms with Gasteiger partial charge in [0.05, 0.1) is 0 Å². The molecule has 1 aliphatic heterocycles. The van der Waals surface area contributed by atoms with E-state index in [9.17, 15) is 8.78 Å². The zero-order valence-electron chi connectivity index (χ0n) is 9.88. The Bertz CT molecular complexity index is 378. The summed E-state index contributed by atoms with van der Waals surface area (Å²) in [7, 11) is 0. The number of rotatable bonds is 4. The molecule has 0 aliphatic carbocycles. The second-order valence-electron chi connectivity index (χ2n) is 4.50. The third-order valence-corrected chi connectivity index (χ3v) is 4.42. The van der Waals surface area contributed by atoms with Crippen LogP contribution in [0.4, 0.5) is 8.78 Å². The minimum Gasteiger partial charge on any atom is -0.310 e. The van der Waals surface area contributed by atoms with E-state index in [0.29, 0.717) is 11.5 Å². The molecule has 1 saturated heterocycles. The van der Waals surface area contributed by atoms with Crippen molar-refractivity contribution in [3.8, 4) is 0 Å². The predicted molar refractivity (Wildman–Crippen MR) is 68.2 cm³/mol. The van der Waals surface area contributed by atoms with Crippen molar-refractivity contribution in [1.82, 2.24) is 5.32 Å². The second-order valence-corrected chi connectivity index (χ2v) is 5.65. The number of benzene rings is 1. The molecule has 4 heteroatoms. The van der Waals surface area contributed by atoms with Crippen LogP contribution in [0.25, 0.3) is 0 Å². The van der Waals surface area contributed by atoms with Gasteiger partial charge in [-0.25, -0.2) is 8.78 Å². The maximum atomic E-state index is 13.5. The van der Waals surface area contributed by atoms with Gasteiger partial charge in [0, 0.05) is 11.6 Å². The minimum absolute atomic E-state index is 0.142. The van der Waals surface area contributed by atoms with Crippen LogP contribution in [0, 0.1) is 17.6 Å². The highest BCUT2D eigenvalue weighted by atomic mass is 32.2.